The van der Waals surface area contributed by atoms with Crippen molar-refractivity contribution in [3.8, 4) is 5.69 Å². The van der Waals surface area contributed by atoms with Gasteiger partial charge in [-0.2, -0.15) is 0 Å². The van der Waals surface area contributed by atoms with Gasteiger partial charge in [0.15, 0.2) is 5.69 Å². The second kappa shape index (κ2) is 9.88. The fourth-order valence-electron chi connectivity index (χ4n) is 3.82. The van der Waals surface area contributed by atoms with Crippen molar-refractivity contribution in [3.05, 3.63) is 81.2 Å². The summed E-state index contributed by atoms with van der Waals surface area (Å²) < 4.78 is 1.43. The lowest BCUT2D eigenvalue weighted by Gasteiger charge is -2.32. The monoisotopic (exact) mass is 449 g/mol. The maximum absolute atomic E-state index is 12.7. The highest BCUT2D eigenvalue weighted by Gasteiger charge is 2.18. The molecule has 33 heavy (non-hydrogen) atoms. The Morgan fingerprint density at radius 1 is 1.09 bits per heavy atom. The minimum atomic E-state index is -0.472. The fraction of sp³-hybridized carbons (Fsp3) is 0.348. The molecular formula is C23H27N7O3. The highest BCUT2D eigenvalue weighted by Crippen LogP contribution is 2.18. The number of hydrogen-bond acceptors (Lipinski definition) is 7. The van der Waals surface area contributed by atoms with E-state index in [-0.39, 0.29) is 17.3 Å². The zero-order valence-corrected chi connectivity index (χ0v) is 18.8. The number of amides is 1. The molecule has 10 heteroatoms. The Labute approximate surface area is 192 Å². The standard InChI is InChI=1S/C23H27N7O3/c1-17-22(25-26-29(17)20-4-3-5-21(14-20)30(32)33)23(31)24-15-18-6-8-19(9-7-18)16-28-12-10-27(2)11-13-28/h3-9,14H,10-13,15-16H2,1-2H3,(H,24,31). The molecule has 2 heterocycles. The van der Waals surface area contributed by atoms with E-state index in [9.17, 15) is 14.9 Å². The Morgan fingerprint density at radius 3 is 2.48 bits per heavy atom. The molecule has 1 aliphatic rings. The molecule has 172 valence electrons. The number of nitrogens with zero attached hydrogens (tertiary/aromatic N) is 6. The number of nitro benzene ring substituents is 1. The highest BCUT2D eigenvalue weighted by atomic mass is 16.6. The molecule has 0 unspecified atom stereocenters. The molecule has 0 bridgehead atoms. The third kappa shape index (κ3) is 5.41. The minimum Gasteiger partial charge on any atom is -0.347 e. The van der Waals surface area contributed by atoms with E-state index in [1.165, 1.54) is 22.4 Å². The van der Waals surface area contributed by atoms with Crippen molar-refractivity contribution in [3.63, 3.8) is 0 Å². The van der Waals surface area contributed by atoms with E-state index < -0.39 is 4.92 Å². The molecule has 0 spiro atoms. The van der Waals surface area contributed by atoms with E-state index in [1.54, 1.807) is 19.1 Å². The van der Waals surface area contributed by atoms with E-state index in [0.29, 0.717) is 17.9 Å². The van der Waals surface area contributed by atoms with Gasteiger partial charge in [0.25, 0.3) is 11.6 Å². The van der Waals surface area contributed by atoms with Gasteiger partial charge in [0.1, 0.15) is 0 Å². The summed E-state index contributed by atoms with van der Waals surface area (Å²) in [5.41, 5.74) is 3.37. The quantitative estimate of drug-likeness (QED) is 0.435. The first-order valence-corrected chi connectivity index (χ1v) is 10.8. The Balaban J connectivity index is 1.35. The van der Waals surface area contributed by atoms with Gasteiger partial charge in [-0.1, -0.05) is 35.5 Å². The van der Waals surface area contributed by atoms with Gasteiger partial charge in [-0.15, -0.1) is 5.10 Å². The summed E-state index contributed by atoms with van der Waals surface area (Å²) in [4.78, 5) is 28.0. The maximum atomic E-state index is 12.7. The van der Waals surface area contributed by atoms with Gasteiger partial charge in [-0.3, -0.25) is 19.8 Å². The molecular weight excluding hydrogens is 422 g/mol. The Morgan fingerprint density at radius 2 is 1.79 bits per heavy atom. The van der Waals surface area contributed by atoms with Crippen LogP contribution in [-0.2, 0) is 13.1 Å². The fourth-order valence-corrected chi connectivity index (χ4v) is 3.82. The predicted octanol–water partition coefficient (Wildman–Crippen LogP) is 2.16. The molecule has 2 aromatic carbocycles. The van der Waals surface area contributed by atoms with Crippen LogP contribution in [0.1, 0.15) is 27.3 Å². The van der Waals surface area contributed by atoms with E-state index >= 15 is 0 Å². The average molecular weight is 450 g/mol. The number of non-ortho nitro benzene ring substituents is 1. The van der Waals surface area contributed by atoms with Gasteiger partial charge < -0.3 is 10.2 Å². The zero-order chi connectivity index (χ0) is 23.4. The van der Waals surface area contributed by atoms with Gasteiger partial charge in [-0.25, -0.2) is 4.68 Å². The number of rotatable bonds is 7. The van der Waals surface area contributed by atoms with Crippen LogP contribution in [-0.4, -0.2) is 68.9 Å². The minimum absolute atomic E-state index is 0.0514. The number of nitrogens with one attached hydrogen (secondary N) is 1. The first-order valence-electron chi connectivity index (χ1n) is 10.8. The van der Waals surface area contributed by atoms with Crippen LogP contribution in [0.2, 0.25) is 0 Å². The van der Waals surface area contributed by atoms with Gasteiger partial charge in [0.2, 0.25) is 0 Å². The van der Waals surface area contributed by atoms with Gasteiger partial charge >= 0.3 is 0 Å². The van der Waals surface area contributed by atoms with Gasteiger partial charge in [-0.05, 0) is 31.2 Å². The second-order valence-corrected chi connectivity index (χ2v) is 8.29. The van der Waals surface area contributed by atoms with Crippen LogP contribution in [0.15, 0.2) is 48.5 Å². The molecule has 10 nitrogen and oxygen atoms in total. The molecule has 0 atom stereocenters. The summed E-state index contributed by atoms with van der Waals surface area (Å²) in [7, 11) is 2.15. The summed E-state index contributed by atoms with van der Waals surface area (Å²) >= 11 is 0. The first-order chi connectivity index (χ1) is 15.9. The first kappa shape index (κ1) is 22.6. The molecule has 3 aromatic rings. The van der Waals surface area contributed by atoms with Crippen molar-refractivity contribution in [2.24, 2.45) is 0 Å². The number of benzene rings is 2. The molecule has 4 rings (SSSR count). The van der Waals surface area contributed by atoms with E-state index in [4.69, 9.17) is 0 Å². The average Bonchev–Trinajstić information content (AvgIpc) is 3.21. The molecule has 1 aromatic heterocycles. The van der Waals surface area contributed by atoms with Crippen LogP contribution >= 0.6 is 0 Å². The normalized spacial score (nSPS) is 14.8. The highest BCUT2D eigenvalue weighted by molar-refractivity contribution is 5.93. The SMILES string of the molecule is Cc1c(C(=O)NCc2ccc(CN3CCN(C)CC3)cc2)nnn1-c1cccc([N+](=O)[O-])c1. The molecule has 1 saturated heterocycles. The second-order valence-electron chi connectivity index (χ2n) is 8.29. The number of piperazine rings is 1. The number of hydrogen-bond donors (Lipinski definition) is 1. The number of aromatic nitrogens is 3. The maximum Gasteiger partial charge on any atom is 0.274 e. The van der Waals surface area contributed by atoms with Crippen molar-refractivity contribution in [1.82, 2.24) is 30.1 Å². The molecule has 0 radical (unpaired) electrons. The lowest BCUT2D eigenvalue weighted by atomic mass is 10.1. The Hall–Kier alpha value is -3.63. The third-order valence-corrected chi connectivity index (χ3v) is 5.87. The smallest absolute Gasteiger partial charge is 0.274 e. The van der Waals surface area contributed by atoms with Crippen LogP contribution in [0.3, 0.4) is 0 Å². The van der Waals surface area contributed by atoms with E-state index in [1.807, 2.05) is 12.1 Å². The Kier molecular flexibility index (Phi) is 6.76. The van der Waals surface area contributed by atoms with Gasteiger partial charge in [0.05, 0.1) is 16.3 Å². The summed E-state index contributed by atoms with van der Waals surface area (Å²) in [6, 6.07) is 14.3. The number of carbonyl (C=O) groups excluding carboxylic acids is 1. The summed E-state index contributed by atoms with van der Waals surface area (Å²) in [5, 5.41) is 21.9. The van der Waals surface area contributed by atoms with Crippen LogP contribution in [0.5, 0.6) is 0 Å². The van der Waals surface area contributed by atoms with Crippen LogP contribution in [0.25, 0.3) is 5.69 Å². The van der Waals surface area contributed by atoms with Crippen LogP contribution in [0, 0.1) is 17.0 Å². The number of likely N-dealkylation sites (N-methyl/N-ethyl adjacent to an activating group) is 1. The van der Waals surface area contributed by atoms with Gasteiger partial charge in [0, 0.05) is 51.4 Å². The molecule has 1 fully saturated rings. The molecule has 1 aliphatic heterocycles. The van der Waals surface area contributed by atoms with Crippen molar-refractivity contribution in [2.75, 3.05) is 33.2 Å². The van der Waals surface area contributed by atoms with Crippen molar-refractivity contribution >= 4 is 11.6 Å². The molecule has 0 saturated carbocycles. The summed E-state index contributed by atoms with van der Waals surface area (Å²) in [5.74, 6) is -0.342. The lowest BCUT2D eigenvalue weighted by Crippen LogP contribution is -2.43. The predicted molar refractivity (Wildman–Crippen MR) is 123 cm³/mol. The molecule has 1 N–H and O–H groups in total. The lowest BCUT2D eigenvalue weighted by molar-refractivity contribution is -0.384. The molecule has 1 amide bonds. The topological polar surface area (TPSA) is 109 Å². The third-order valence-electron chi connectivity index (χ3n) is 5.87. The van der Waals surface area contributed by atoms with Crippen LogP contribution in [0.4, 0.5) is 5.69 Å². The van der Waals surface area contributed by atoms with Crippen LogP contribution < -0.4 is 5.32 Å². The number of carbonyl (C=O) groups is 1. The Bertz CT molecular complexity index is 1140. The summed E-state index contributed by atoms with van der Waals surface area (Å²) in [6.07, 6.45) is 0. The number of nitro groups is 1. The largest absolute Gasteiger partial charge is 0.347 e. The molecule has 0 aliphatic carbocycles. The zero-order valence-electron chi connectivity index (χ0n) is 18.8. The van der Waals surface area contributed by atoms with Crippen molar-refractivity contribution < 1.29 is 9.72 Å². The van der Waals surface area contributed by atoms with E-state index in [2.05, 4.69) is 44.6 Å². The van der Waals surface area contributed by atoms with Crippen molar-refractivity contribution in [2.45, 2.75) is 20.0 Å². The van der Waals surface area contributed by atoms with E-state index in [0.717, 1.165) is 38.3 Å². The van der Waals surface area contributed by atoms with Crippen molar-refractivity contribution in [1.29, 1.82) is 0 Å². The summed E-state index contributed by atoms with van der Waals surface area (Å²) in [6.45, 7) is 7.35.